The third-order valence-corrected chi connectivity index (χ3v) is 4.93. The van der Waals surface area contributed by atoms with Crippen LogP contribution in [0.3, 0.4) is 0 Å². The highest BCUT2D eigenvalue weighted by molar-refractivity contribution is 5.92. The Morgan fingerprint density at radius 3 is 2.33 bits per heavy atom. The van der Waals surface area contributed by atoms with Gasteiger partial charge >= 0.3 is 0 Å². The van der Waals surface area contributed by atoms with Gasteiger partial charge in [-0.1, -0.05) is 26.0 Å². The number of hydrogen-bond acceptors (Lipinski definition) is 4. The number of halogens is 1. The van der Waals surface area contributed by atoms with E-state index in [1.54, 1.807) is 24.3 Å². The van der Waals surface area contributed by atoms with Crippen LogP contribution in [-0.4, -0.2) is 30.1 Å². The maximum Gasteiger partial charge on any atom is 0.248 e. The molecule has 1 aromatic rings. The first kappa shape index (κ1) is 20.4. The van der Waals surface area contributed by atoms with Crippen molar-refractivity contribution in [3.05, 3.63) is 35.4 Å². The van der Waals surface area contributed by atoms with Gasteiger partial charge in [-0.15, -0.1) is 12.4 Å². The average Bonchev–Trinajstić information content (AvgIpc) is 2.52. The highest BCUT2D eigenvalue weighted by atomic mass is 35.5. The molecule has 2 atom stereocenters. The van der Waals surface area contributed by atoms with E-state index < -0.39 is 16.9 Å². The van der Waals surface area contributed by atoms with Crippen molar-refractivity contribution in [3.8, 4) is 0 Å². The highest BCUT2D eigenvalue weighted by Gasteiger charge is 2.62. The summed E-state index contributed by atoms with van der Waals surface area (Å²) in [7, 11) is 0. The SMILES string of the molecule is CCOC1CC(N)(C(=O)NCc2ccc(C(N)=O)cc2)C1(C)C.Cl. The lowest BCUT2D eigenvalue weighted by Crippen LogP contribution is -2.75. The number of benzene rings is 1. The van der Waals surface area contributed by atoms with Crippen LogP contribution in [0, 0.1) is 5.41 Å². The van der Waals surface area contributed by atoms with E-state index in [1.165, 1.54) is 0 Å². The van der Waals surface area contributed by atoms with E-state index in [1.807, 2.05) is 20.8 Å². The number of primary amides is 1. The number of amides is 2. The first-order valence-corrected chi connectivity index (χ1v) is 7.80. The lowest BCUT2D eigenvalue weighted by atomic mass is 9.54. The Labute approximate surface area is 148 Å². The van der Waals surface area contributed by atoms with Gasteiger partial charge in [0.05, 0.1) is 6.10 Å². The van der Waals surface area contributed by atoms with Crippen LogP contribution < -0.4 is 16.8 Å². The van der Waals surface area contributed by atoms with Gasteiger partial charge in [0.15, 0.2) is 0 Å². The van der Waals surface area contributed by atoms with Crippen molar-refractivity contribution in [2.75, 3.05) is 6.61 Å². The first-order valence-electron chi connectivity index (χ1n) is 7.80. The summed E-state index contributed by atoms with van der Waals surface area (Å²) < 4.78 is 5.63. The van der Waals surface area contributed by atoms with Crippen LogP contribution in [0.15, 0.2) is 24.3 Å². The van der Waals surface area contributed by atoms with Crippen molar-refractivity contribution in [2.24, 2.45) is 16.9 Å². The number of ether oxygens (including phenoxy) is 1. The van der Waals surface area contributed by atoms with Gasteiger partial charge in [0.25, 0.3) is 0 Å². The summed E-state index contributed by atoms with van der Waals surface area (Å²) in [5, 5.41) is 2.87. The van der Waals surface area contributed by atoms with Crippen molar-refractivity contribution in [2.45, 2.75) is 45.4 Å². The standard InChI is InChI=1S/C17H25N3O3.ClH/c1-4-23-13-9-17(19,16(13,2)3)15(22)20-10-11-5-7-12(8-6-11)14(18)21;/h5-8,13H,4,9-10,19H2,1-3H3,(H2,18,21)(H,20,22);1H. The largest absolute Gasteiger partial charge is 0.378 e. The molecule has 1 fully saturated rings. The molecule has 0 radical (unpaired) electrons. The molecule has 2 amide bonds. The number of rotatable bonds is 6. The Morgan fingerprint density at radius 2 is 1.88 bits per heavy atom. The summed E-state index contributed by atoms with van der Waals surface area (Å²) in [4.78, 5) is 23.5. The topological polar surface area (TPSA) is 107 Å². The average molecular weight is 356 g/mol. The molecule has 1 saturated carbocycles. The van der Waals surface area contributed by atoms with Gasteiger partial charge < -0.3 is 21.5 Å². The summed E-state index contributed by atoms with van der Waals surface area (Å²) >= 11 is 0. The quantitative estimate of drug-likeness (QED) is 0.715. The fourth-order valence-electron chi connectivity index (χ4n) is 2.95. The van der Waals surface area contributed by atoms with Gasteiger partial charge in [-0.25, -0.2) is 0 Å². The van der Waals surface area contributed by atoms with E-state index in [0.29, 0.717) is 25.1 Å². The third kappa shape index (κ3) is 3.55. The predicted octanol–water partition coefficient (Wildman–Crippen LogP) is 1.36. The molecule has 0 spiro atoms. The molecule has 1 aliphatic rings. The molecule has 7 heteroatoms. The van der Waals surface area contributed by atoms with Crippen molar-refractivity contribution in [1.82, 2.24) is 5.32 Å². The molecule has 2 rings (SSSR count). The minimum absolute atomic E-state index is 0. The van der Waals surface area contributed by atoms with Crippen LogP contribution in [0.5, 0.6) is 0 Å². The van der Waals surface area contributed by atoms with Crippen LogP contribution in [0.2, 0.25) is 0 Å². The lowest BCUT2D eigenvalue weighted by Gasteiger charge is -2.57. The smallest absolute Gasteiger partial charge is 0.248 e. The van der Waals surface area contributed by atoms with Crippen molar-refractivity contribution in [3.63, 3.8) is 0 Å². The van der Waals surface area contributed by atoms with Crippen molar-refractivity contribution < 1.29 is 14.3 Å². The van der Waals surface area contributed by atoms with Crippen LogP contribution in [-0.2, 0) is 16.1 Å². The zero-order valence-electron chi connectivity index (χ0n) is 14.3. The number of hydrogen-bond donors (Lipinski definition) is 3. The van der Waals surface area contributed by atoms with Gasteiger partial charge in [0, 0.05) is 30.6 Å². The van der Waals surface area contributed by atoms with E-state index in [0.717, 1.165) is 5.56 Å². The fourth-order valence-corrected chi connectivity index (χ4v) is 2.95. The van der Waals surface area contributed by atoms with Crippen LogP contribution in [0.25, 0.3) is 0 Å². The molecular formula is C17H26ClN3O3. The molecule has 1 aromatic carbocycles. The van der Waals surface area contributed by atoms with Gasteiger partial charge in [0.2, 0.25) is 11.8 Å². The molecule has 0 heterocycles. The predicted molar refractivity (Wildman–Crippen MR) is 94.8 cm³/mol. The number of carbonyl (C=O) groups is 2. The molecule has 0 saturated heterocycles. The van der Waals surface area contributed by atoms with Crippen molar-refractivity contribution >= 4 is 24.2 Å². The van der Waals surface area contributed by atoms with E-state index in [4.69, 9.17) is 16.2 Å². The Balaban J connectivity index is 0.00000288. The molecule has 24 heavy (non-hydrogen) atoms. The van der Waals surface area contributed by atoms with Gasteiger partial charge in [-0.2, -0.15) is 0 Å². The Bertz CT molecular complexity index is 604. The maximum atomic E-state index is 12.5. The first-order chi connectivity index (χ1) is 10.7. The molecule has 2 unspecified atom stereocenters. The Kier molecular flexibility index (Phi) is 6.38. The molecule has 6 nitrogen and oxygen atoms in total. The number of nitrogens with two attached hydrogens (primary N) is 2. The second-order valence-corrected chi connectivity index (χ2v) is 6.59. The van der Waals surface area contributed by atoms with E-state index in [2.05, 4.69) is 5.32 Å². The maximum absolute atomic E-state index is 12.5. The van der Waals surface area contributed by atoms with Gasteiger partial charge in [-0.3, -0.25) is 9.59 Å². The lowest BCUT2D eigenvalue weighted by molar-refractivity contribution is -0.170. The normalized spacial score (nSPS) is 24.4. The van der Waals surface area contributed by atoms with Crippen LogP contribution in [0.1, 0.15) is 43.1 Å². The second kappa shape index (κ2) is 7.51. The summed E-state index contributed by atoms with van der Waals surface area (Å²) in [6.07, 6.45) is 0.512. The third-order valence-electron chi connectivity index (χ3n) is 4.93. The van der Waals surface area contributed by atoms with Crippen LogP contribution >= 0.6 is 12.4 Å². The molecule has 0 aromatic heterocycles. The summed E-state index contributed by atoms with van der Waals surface area (Å²) in [6.45, 7) is 6.81. The Hall–Kier alpha value is -1.63. The Morgan fingerprint density at radius 1 is 1.29 bits per heavy atom. The molecule has 0 aliphatic heterocycles. The number of carbonyl (C=O) groups excluding carboxylic acids is 2. The minimum atomic E-state index is -0.931. The summed E-state index contributed by atoms with van der Waals surface area (Å²) in [5.41, 5.74) is 11.5. The minimum Gasteiger partial charge on any atom is -0.378 e. The van der Waals surface area contributed by atoms with Gasteiger partial charge in [0.1, 0.15) is 5.54 Å². The van der Waals surface area contributed by atoms with Gasteiger partial charge in [-0.05, 0) is 24.6 Å². The summed E-state index contributed by atoms with van der Waals surface area (Å²) in [5.74, 6) is -0.655. The molecular weight excluding hydrogens is 330 g/mol. The molecule has 0 bridgehead atoms. The van der Waals surface area contributed by atoms with E-state index in [9.17, 15) is 9.59 Å². The monoisotopic (exact) mass is 355 g/mol. The van der Waals surface area contributed by atoms with E-state index in [-0.39, 0.29) is 24.4 Å². The highest BCUT2D eigenvalue weighted by Crippen LogP contribution is 2.49. The molecule has 5 N–H and O–H groups in total. The van der Waals surface area contributed by atoms with Crippen LogP contribution in [0.4, 0.5) is 0 Å². The summed E-state index contributed by atoms with van der Waals surface area (Å²) in [6, 6.07) is 6.80. The van der Waals surface area contributed by atoms with E-state index >= 15 is 0 Å². The fraction of sp³-hybridized carbons (Fsp3) is 0.529. The zero-order valence-corrected chi connectivity index (χ0v) is 15.1. The number of nitrogens with one attached hydrogen (secondary N) is 1. The molecule has 1 aliphatic carbocycles. The zero-order chi connectivity index (χ0) is 17.3. The molecule has 134 valence electrons. The van der Waals surface area contributed by atoms with Crippen molar-refractivity contribution in [1.29, 1.82) is 0 Å². The second-order valence-electron chi connectivity index (χ2n) is 6.59.